The highest BCUT2D eigenvalue weighted by Gasteiger charge is 2.31. The quantitative estimate of drug-likeness (QED) is 0.376. The third-order valence-corrected chi connectivity index (χ3v) is 4.78. The lowest BCUT2D eigenvalue weighted by atomic mass is 10.1. The highest BCUT2D eigenvalue weighted by molar-refractivity contribution is 6.36. The summed E-state index contributed by atoms with van der Waals surface area (Å²) in [4.78, 5) is 15.0. The van der Waals surface area contributed by atoms with Gasteiger partial charge in [0.25, 0.3) is 0 Å². The van der Waals surface area contributed by atoms with Gasteiger partial charge in [-0.25, -0.2) is 9.97 Å². The summed E-state index contributed by atoms with van der Waals surface area (Å²) in [5.74, 6) is 0.300. The summed E-state index contributed by atoms with van der Waals surface area (Å²) >= 11 is 18.4. The second kappa shape index (κ2) is 6.92. The van der Waals surface area contributed by atoms with Crippen molar-refractivity contribution < 1.29 is 13.2 Å². The standard InChI is InChI=1S/C18H8Cl3F3N4/c19-10-5-13(21)15(25-7-10)8-1-2-11(12(20)3-8)16-27-14-4-9(18(22,23)24)6-26-17(14)28-16/h1-7H,(H,26,27,28). The van der Waals surface area contributed by atoms with Crippen molar-refractivity contribution in [3.05, 3.63) is 63.4 Å². The molecule has 4 rings (SSSR count). The molecule has 0 bridgehead atoms. The summed E-state index contributed by atoms with van der Waals surface area (Å²) in [6, 6.07) is 7.56. The van der Waals surface area contributed by atoms with Gasteiger partial charge in [-0.2, -0.15) is 13.2 Å². The first-order valence-corrected chi connectivity index (χ1v) is 8.90. The van der Waals surface area contributed by atoms with E-state index in [2.05, 4.69) is 19.9 Å². The van der Waals surface area contributed by atoms with E-state index in [-0.39, 0.29) is 11.2 Å². The number of aromatic amines is 1. The molecule has 10 heteroatoms. The van der Waals surface area contributed by atoms with Crippen molar-refractivity contribution in [1.82, 2.24) is 19.9 Å². The van der Waals surface area contributed by atoms with E-state index in [0.717, 1.165) is 12.3 Å². The highest BCUT2D eigenvalue weighted by atomic mass is 35.5. The van der Waals surface area contributed by atoms with Gasteiger partial charge < -0.3 is 4.98 Å². The van der Waals surface area contributed by atoms with Gasteiger partial charge in [-0.15, -0.1) is 0 Å². The van der Waals surface area contributed by atoms with Crippen LogP contribution in [0.3, 0.4) is 0 Å². The topological polar surface area (TPSA) is 54.5 Å². The van der Waals surface area contributed by atoms with Crippen molar-refractivity contribution in [3.8, 4) is 22.6 Å². The molecule has 0 unspecified atom stereocenters. The van der Waals surface area contributed by atoms with Crippen LogP contribution < -0.4 is 0 Å². The lowest BCUT2D eigenvalue weighted by Crippen LogP contribution is -2.05. The average molecular weight is 444 g/mol. The van der Waals surface area contributed by atoms with Gasteiger partial charge in [-0.05, 0) is 24.3 Å². The predicted octanol–water partition coefficient (Wildman–Crippen LogP) is 6.67. The second-order valence-electron chi connectivity index (χ2n) is 5.86. The molecule has 0 aliphatic heterocycles. The molecule has 4 nitrogen and oxygen atoms in total. The van der Waals surface area contributed by atoms with Gasteiger partial charge in [0.15, 0.2) is 5.65 Å². The van der Waals surface area contributed by atoms with Crippen LogP contribution in [-0.4, -0.2) is 19.9 Å². The van der Waals surface area contributed by atoms with Crippen LogP contribution in [0.4, 0.5) is 13.2 Å². The minimum atomic E-state index is -4.49. The molecule has 142 valence electrons. The number of alkyl halides is 3. The number of hydrogen-bond acceptors (Lipinski definition) is 3. The molecule has 0 radical (unpaired) electrons. The van der Waals surface area contributed by atoms with E-state index < -0.39 is 11.7 Å². The molecule has 0 fully saturated rings. The van der Waals surface area contributed by atoms with Gasteiger partial charge in [-0.1, -0.05) is 40.9 Å². The number of nitrogens with one attached hydrogen (secondary N) is 1. The molecule has 0 saturated carbocycles. The first-order valence-electron chi connectivity index (χ1n) is 7.76. The molecule has 1 N–H and O–H groups in total. The summed E-state index contributed by atoms with van der Waals surface area (Å²) < 4.78 is 38.6. The lowest BCUT2D eigenvalue weighted by molar-refractivity contribution is -0.137. The Balaban J connectivity index is 1.75. The number of fused-ring (bicyclic) bond motifs is 1. The first-order chi connectivity index (χ1) is 13.2. The largest absolute Gasteiger partial charge is 0.417 e. The smallest absolute Gasteiger partial charge is 0.337 e. The second-order valence-corrected chi connectivity index (χ2v) is 7.11. The molecule has 0 saturated heterocycles. The van der Waals surface area contributed by atoms with E-state index in [0.29, 0.717) is 37.7 Å². The van der Waals surface area contributed by atoms with Gasteiger partial charge in [0.05, 0.1) is 31.8 Å². The lowest BCUT2D eigenvalue weighted by Gasteiger charge is -2.07. The zero-order valence-corrected chi connectivity index (χ0v) is 15.9. The fourth-order valence-corrected chi connectivity index (χ4v) is 3.42. The van der Waals surface area contributed by atoms with Gasteiger partial charge in [-0.3, -0.25) is 4.98 Å². The van der Waals surface area contributed by atoms with Crippen LogP contribution >= 0.6 is 34.8 Å². The zero-order chi connectivity index (χ0) is 20.1. The maximum absolute atomic E-state index is 12.9. The van der Waals surface area contributed by atoms with Crippen LogP contribution in [-0.2, 0) is 6.18 Å². The summed E-state index contributed by atoms with van der Waals surface area (Å²) in [5.41, 5.74) is 1.12. The summed E-state index contributed by atoms with van der Waals surface area (Å²) in [5, 5.41) is 1.09. The predicted molar refractivity (Wildman–Crippen MR) is 103 cm³/mol. The maximum atomic E-state index is 12.9. The van der Waals surface area contributed by atoms with Gasteiger partial charge in [0.1, 0.15) is 5.82 Å². The Kier molecular flexibility index (Phi) is 4.69. The summed E-state index contributed by atoms with van der Waals surface area (Å²) in [6.07, 6.45) is -2.28. The van der Waals surface area contributed by atoms with Gasteiger partial charge in [0, 0.05) is 23.5 Å². The fourth-order valence-electron chi connectivity index (χ4n) is 2.66. The molecule has 4 aromatic rings. The summed E-state index contributed by atoms with van der Waals surface area (Å²) in [7, 11) is 0. The normalized spacial score (nSPS) is 11.9. The van der Waals surface area contributed by atoms with Gasteiger partial charge in [0.2, 0.25) is 0 Å². The highest BCUT2D eigenvalue weighted by Crippen LogP contribution is 2.35. The van der Waals surface area contributed by atoms with E-state index in [1.54, 1.807) is 24.3 Å². The molecular weight excluding hydrogens is 436 g/mol. The number of halogens is 6. The van der Waals surface area contributed by atoms with Crippen molar-refractivity contribution in [3.63, 3.8) is 0 Å². The molecule has 1 aromatic carbocycles. The number of nitrogens with zero attached hydrogens (tertiary/aromatic N) is 3. The molecule has 0 spiro atoms. The third kappa shape index (κ3) is 3.53. The number of rotatable bonds is 2. The van der Waals surface area contributed by atoms with Crippen LogP contribution in [0.1, 0.15) is 5.56 Å². The Morgan fingerprint density at radius 2 is 1.68 bits per heavy atom. The van der Waals surface area contributed by atoms with Crippen molar-refractivity contribution in [2.75, 3.05) is 0 Å². The molecule has 0 atom stereocenters. The number of imidazole rings is 1. The van der Waals surface area contributed by atoms with Crippen LogP contribution in [0.2, 0.25) is 15.1 Å². The molecule has 3 heterocycles. The number of benzene rings is 1. The van der Waals surface area contributed by atoms with E-state index in [4.69, 9.17) is 34.8 Å². The summed E-state index contributed by atoms with van der Waals surface area (Å²) in [6.45, 7) is 0. The van der Waals surface area contributed by atoms with Crippen molar-refractivity contribution in [2.24, 2.45) is 0 Å². The average Bonchev–Trinajstić information content (AvgIpc) is 3.03. The number of H-pyrrole nitrogens is 1. The van der Waals surface area contributed by atoms with Crippen molar-refractivity contribution in [1.29, 1.82) is 0 Å². The Hall–Kier alpha value is -2.35. The maximum Gasteiger partial charge on any atom is 0.417 e. The SMILES string of the molecule is FC(F)(F)c1cnc2nc(-c3ccc(-c4ncc(Cl)cc4Cl)cc3Cl)[nH]c2c1. The molecule has 0 aliphatic rings. The monoisotopic (exact) mass is 442 g/mol. The van der Waals surface area contributed by atoms with E-state index in [9.17, 15) is 13.2 Å². The van der Waals surface area contributed by atoms with Gasteiger partial charge >= 0.3 is 6.18 Å². The minimum Gasteiger partial charge on any atom is -0.337 e. The molecule has 28 heavy (non-hydrogen) atoms. The molecule has 3 aromatic heterocycles. The fraction of sp³-hybridized carbons (Fsp3) is 0.0556. The third-order valence-electron chi connectivity index (χ3n) is 3.97. The first kappa shape index (κ1) is 19.0. The molecular formula is C18H8Cl3F3N4. The Labute approximate surface area is 171 Å². The molecule has 0 amide bonds. The van der Waals surface area contributed by atoms with E-state index >= 15 is 0 Å². The van der Waals surface area contributed by atoms with Crippen LogP contribution in [0, 0.1) is 0 Å². The number of aromatic nitrogens is 4. The zero-order valence-electron chi connectivity index (χ0n) is 13.7. The Bertz CT molecular complexity index is 1200. The Morgan fingerprint density at radius 1 is 0.893 bits per heavy atom. The van der Waals surface area contributed by atoms with Crippen molar-refractivity contribution in [2.45, 2.75) is 6.18 Å². The van der Waals surface area contributed by atoms with E-state index in [1.807, 2.05) is 0 Å². The Morgan fingerprint density at radius 3 is 2.36 bits per heavy atom. The number of hydrogen-bond donors (Lipinski definition) is 1. The van der Waals surface area contributed by atoms with Crippen LogP contribution in [0.15, 0.2) is 42.7 Å². The van der Waals surface area contributed by atoms with Crippen LogP contribution in [0.25, 0.3) is 33.8 Å². The molecule has 0 aliphatic carbocycles. The van der Waals surface area contributed by atoms with Crippen molar-refractivity contribution >= 4 is 46.0 Å². The minimum absolute atomic E-state index is 0.158. The van der Waals surface area contributed by atoms with E-state index in [1.165, 1.54) is 6.20 Å². The van der Waals surface area contributed by atoms with Crippen LogP contribution in [0.5, 0.6) is 0 Å². The number of pyridine rings is 2.